The Labute approximate surface area is 146 Å². The molecule has 0 spiro atoms. The van der Waals surface area contributed by atoms with Gasteiger partial charge in [-0.05, 0) is 62.4 Å². The maximum Gasteiger partial charge on any atom is 0.119 e. The van der Waals surface area contributed by atoms with Gasteiger partial charge in [-0.2, -0.15) is 0 Å². The van der Waals surface area contributed by atoms with Crippen LogP contribution in [0.25, 0.3) is 0 Å². The van der Waals surface area contributed by atoms with Gasteiger partial charge in [-0.15, -0.1) is 12.4 Å². The predicted octanol–water partition coefficient (Wildman–Crippen LogP) is 3.60. The molecule has 2 aliphatic carbocycles. The molecule has 1 fully saturated rings. The molecule has 1 N–H and O–H groups in total. The minimum atomic E-state index is -0.416. The van der Waals surface area contributed by atoms with E-state index in [4.69, 9.17) is 4.74 Å². The van der Waals surface area contributed by atoms with Crippen LogP contribution in [0.4, 0.5) is 0 Å². The van der Waals surface area contributed by atoms with E-state index in [1.807, 2.05) is 6.07 Å². The quantitative estimate of drug-likeness (QED) is 0.859. The second-order valence-corrected chi connectivity index (χ2v) is 6.98. The van der Waals surface area contributed by atoms with E-state index in [1.165, 1.54) is 62.5 Å². The second-order valence-electron chi connectivity index (χ2n) is 6.98. The van der Waals surface area contributed by atoms with Gasteiger partial charge in [0, 0.05) is 12.6 Å². The normalized spacial score (nSPS) is 19.3. The molecule has 1 atom stereocenters. The maximum absolute atomic E-state index is 10.2. The van der Waals surface area contributed by atoms with Gasteiger partial charge in [0.05, 0.1) is 0 Å². The Morgan fingerprint density at radius 2 is 1.87 bits per heavy atom. The van der Waals surface area contributed by atoms with Crippen LogP contribution in [-0.4, -0.2) is 42.4 Å². The Morgan fingerprint density at radius 1 is 1.13 bits per heavy atom. The van der Waals surface area contributed by atoms with Gasteiger partial charge in [-0.25, -0.2) is 0 Å². The SMILES string of the molecule is CN(CC(O)COc1ccc2c(c1)CCC2)C1CCCCC1.Cl. The first-order valence-electron chi connectivity index (χ1n) is 8.85. The number of fused-ring (bicyclic) bond motifs is 1. The number of hydrogen-bond donors (Lipinski definition) is 1. The number of aryl methyl sites for hydroxylation is 2. The summed E-state index contributed by atoms with van der Waals surface area (Å²) in [6.07, 6.45) is 9.78. The van der Waals surface area contributed by atoms with Gasteiger partial charge in [-0.3, -0.25) is 0 Å². The van der Waals surface area contributed by atoms with Crippen molar-refractivity contribution in [3.8, 4) is 5.75 Å². The van der Waals surface area contributed by atoms with Gasteiger partial charge < -0.3 is 14.7 Å². The molecule has 4 heteroatoms. The summed E-state index contributed by atoms with van der Waals surface area (Å²) >= 11 is 0. The van der Waals surface area contributed by atoms with E-state index in [2.05, 4.69) is 24.1 Å². The number of aliphatic hydroxyl groups excluding tert-OH is 1. The largest absolute Gasteiger partial charge is 0.491 e. The maximum atomic E-state index is 10.2. The highest BCUT2D eigenvalue weighted by Crippen LogP contribution is 2.26. The number of rotatable bonds is 6. The second kappa shape index (κ2) is 8.91. The highest BCUT2D eigenvalue weighted by Gasteiger charge is 2.20. The average molecular weight is 340 g/mol. The van der Waals surface area contributed by atoms with Crippen molar-refractivity contribution in [3.05, 3.63) is 29.3 Å². The number of nitrogens with zero attached hydrogens (tertiary/aromatic N) is 1. The van der Waals surface area contributed by atoms with Crippen LogP contribution < -0.4 is 4.74 Å². The molecule has 0 aromatic heterocycles. The number of hydrogen-bond acceptors (Lipinski definition) is 3. The van der Waals surface area contributed by atoms with Crippen molar-refractivity contribution in [2.45, 2.75) is 63.5 Å². The average Bonchev–Trinajstić information content (AvgIpc) is 3.01. The molecule has 130 valence electrons. The molecule has 0 heterocycles. The van der Waals surface area contributed by atoms with E-state index in [0.717, 1.165) is 5.75 Å². The zero-order valence-electron chi connectivity index (χ0n) is 14.2. The Bertz CT molecular complexity index is 488. The molecule has 1 aromatic rings. The van der Waals surface area contributed by atoms with E-state index in [1.54, 1.807) is 0 Å². The number of benzene rings is 1. The summed E-state index contributed by atoms with van der Waals surface area (Å²) in [5.74, 6) is 0.903. The van der Waals surface area contributed by atoms with Gasteiger partial charge in [0.2, 0.25) is 0 Å². The van der Waals surface area contributed by atoms with Crippen LogP contribution in [0.3, 0.4) is 0 Å². The fourth-order valence-corrected chi connectivity index (χ4v) is 3.89. The molecule has 2 aliphatic rings. The van der Waals surface area contributed by atoms with Gasteiger partial charge in [0.25, 0.3) is 0 Å². The van der Waals surface area contributed by atoms with E-state index >= 15 is 0 Å². The molecule has 3 rings (SSSR count). The summed E-state index contributed by atoms with van der Waals surface area (Å²) in [6.45, 7) is 1.09. The monoisotopic (exact) mass is 339 g/mol. The zero-order valence-corrected chi connectivity index (χ0v) is 15.0. The minimum Gasteiger partial charge on any atom is -0.491 e. The van der Waals surface area contributed by atoms with Crippen LogP contribution in [0, 0.1) is 0 Å². The topological polar surface area (TPSA) is 32.7 Å². The van der Waals surface area contributed by atoms with Crippen molar-refractivity contribution in [3.63, 3.8) is 0 Å². The number of aliphatic hydroxyl groups is 1. The van der Waals surface area contributed by atoms with Crippen LogP contribution in [-0.2, 0) is 12.8 Å². The lowest BCUT2D eigenvalue weighted by molar-refractivity contribution is 0.0561. The third-order valence-corrected chi connectivity index (χ3v) is 5.21. The van der Waals surface area contributed by atoms with Crippen molar-refractivity contribution < 1.29 is 9.84 Å². The van der Waals surface area contributed by atoms with Crippen molar-refractivity contribution in [1.82, 2.24) is 4.90 Å². The fraction of sp³-hybridized carbons (Fsp3) is 0.684. The summed E-state index contributed by atoms with van der Waals surface area (Å²) < 4.78 is 5.80. The minimum absolute atomic E-state index is 0. The van der Waals surface area contributed by atoms with E-state index in [-0.39, 0.29) is 12.4 Å². The lowest BCUT2D eigenvalue weighted by Crippen LogP contribution is -2.40. The fourth-order valence-electron chi connectivity index (χ4n) is 3.89. The lowest BCUT2D eigenvalue weighted by Gasteiger charge is -2.32. The zero-order chi connectivity index (χ0) is 15.4. The Kier molecular flexibility index (Phi) is 7.19. The van der Waals surface area contributed by atoms with Crippen molar-refractivity contribution >= 4 is 12.4 Å². The van der Waals surface area contributed by atoms with Crippen LogP contribution >= 0.6 is 12.4 Å². The summed E-state index contributed by atoms with van der Waals surface area (Å²) in [5, 5.41) is 10.2. The molecule has 0 aliphatic heterocycles. The summed E-state index contributed by atoms with van der Waals surface area (Å²) in [5.41, 5.74) is 2.89. The van der Waals surface area contributed by atoms with Crippen molar-refractivity contribution in [1.29, 1.82) is 0 Å². The Morgan fingerprint density at radius 3 is 2.65 bits per heavy atom. The third kappa shape index (κ3) is 5.10. The first-order valence-corrected chi connectivity index (χ1v) is 8.85. The van der Waals surface area contributed by atoms with Crippen molar-refractivity contribution in [2.24, 2.45) is 0 Å². The van der Waals surface area contributed by atoms with Gasteiger partial charge in [0.15, 0.2) is 0 Å². The Balaban J connectivity index is 0.00000192. The lowest BCUT2D eigenvalue weighted by atomic mass is 9.94. The number of ether oxygens (including phenoxy) is 1. The van der Waals surface area contributed by atoms with Gasteiger partial charge in [0.1, 0.15) is 18.5 Å². The highest BCUT2D eigenvalue weighted by atomic mass is 35.5. The molecular weight excluding hydrogens is 310 g/mol. The van der Waals surface area contributed by atoms with Crippen LogP contribution in [0.2, 0.25) is 0 Å². The molecule has 0 saturated heterocycles. The van der Waals surface area contributed by atoms with Crippen LogP contribution in [0.1, 0.15) is 49.7 Å². The third-order valence-electron chi connectivity index (χ3n) is 5.21. The van der Waals surface area contributed by atoms with Crippen molar-refractivity contribution in [2.75, 3.05) is 20.2 Å². The molecule has 3 nitrogen and oxygen atoms in total. The molecule has 23 heavy (non-hydrogen) atoms. The first kappa shape index (κ1) is 18.6. The molecule has 0 bridgehead atoms. The van der Waals surface area contributed by atoms with Crippen LogP contribution in [0.5, 0.6) is 5.75 Å². The van der Waals surface area contributed by atoms with E-state index < -0.39 is 6.10 Å². The Hall–Kier alpha value is -0.770. The molecule has 1 aromatic carbocycles. The summed E-state index contributed by atoms with van der Waals surface area (Å²) in [4.78, 5) is 2.32. The highest BCUT2D eigenvalue weighted by molar-refractivity contribution is 5.85. The number of likely N-dealkylation sites (N-methyl/N-ethyl adjacent to an activating group) is 1. The standard InChI is InChI=1S/C19H29NO2.ClH/c1-20(17-8-3-2-4-9-17)13-18(21)14-22-19-11-10-15-6-5-7-16(15)12-19;/h10-12,17-18,21H,2-9,13-14H2,1H3;1H. The van der Waals surface area contributed by atoms with Gasteiger partial charge in [-0.1, -0.05) is 25.3 Å². The summed E-state index contributed by atoms with van der Waals surface area (Å²) in [6, 6.07) is 7.02. The predicted molar refractivity (Wildman–Crippen MR) is 96.7 cm³/mol. The number of halogens is 1. The molecule has 0 radical (unpaired) electrons. The molecule has 1 saturated carbocycles. The molecular formula is C19H30ClNO2. The smallest absolute Gasteiger partial charge is 0.119 e. The van der Waals surface area contributed by atoms with Crippen LogP contribution in [0.15, 0.2) is 18.2 Å². The van der Waals surface area contributed by atoms with Gasteiger partial charge >= 0.3 is 0 Å². The molecule has 1 unspecified atom stereocenters. The van der Waals surface area contributed by atoms with E-state index in [9.17, 15) is 5.11 Å². The van der Waals surface area contributed by atoms with E-state index in [0.29, 0.717) is 19.2 Å². The summed E-state index contributed by atoms with van der Waals surface area (Å²) in [7, 11) is 2.13. The first-order chi connectivity index (χ1) is 10.7. The molecule has 0 amide bonds.